The van der Waals surface area contributed by atoms with Crippen LogP contribution < -0.4 is 10.1 Å². The minimum absolute atomic E-state index is 0.103. The van der Waals surface area contributed by atoms with Gasteiger partial charge in [0.05, 0.1) is 6.61 Å². The molecule has 0 radical (unpaired) electrons. The van der Waals surface area contributed by atoms with E-state index in [0.29, 0.717) is 37.0 Å². The van der Waals surface area contributed by atoms with Gasteiger partial charge in [-0.05, 0) is 12.1 Å². The quantitative estimate of drug-likeness (QED) is 0.602. The lowest BCUT2D eigenvalue weighted by molar-refractivity contribution is -0.115. The molecule has 0 unspecified atom stereocenters. The number of hydrogen-bond donors (Lipinski definition) is 1. The highest BCUT2D eigenvalue weighted by atomic mass is 35.5. The Morgan fingerprint density at radius 3 is 2.94 bits per heavy atom. The van der Waals surface area contributed by atoms with Gasteiger partial charge in [0, 0.05) is 31.2 Å². The predicted octanol–water partition coefficient (Wildman–Crippen LogP) is 2.28. The number of carbonyl (C=O) groups is 1. The number of hydrogen-bond acceptors (Lipinski definition) is 3. The van der Waals surface area contributed by atoms with Gasteiger partial charge in [-0.25, -0.2) is 0 Å². The third kappa shape index (κ3) is 5.56. The maximum Gasteiger partial charge on any atom is 0.225 e. The number of alkyl halides is 1. The van der Waals surface area contributed by atoms with E-state index in [-0.39, 0.29) is 5.91 Å². The smallest absolute Gasteiger partial charge is 0.225 e. The first-order chi connectivity index (χ1) is 8.26. The van der Waals surface area contributed by atoms with E-state index in [9.17, 15) is 4.79 Å². The van der Waals surface area contributed by atoms with Gasteiger partial charge >= 0.3 is 0 Å². The molecule has 0 saturated carbocycles. The molecule has 0 heterocycles. The summed E-state index contributed by atoms with van der Waals surface area (Å²) in [6.07, 6.45) is 0.302. The fourth-order valence-electron chi connectivity index (χ4n) is 1.22. The van der Waals surface area contributed by atoms with Crippen molar-refractivity contribution in [2.75, 3.05) is 31.5 Å². The second-order valence-electron chi connectivity index (χ2n) is 3.36. The minimum atomic E-state index is -0.103. The molecule has 0 aliphatic carbocycles. The van der Waals surface area contributed by atoms with Crippen LogP contribution in [0, 0.1) is 0 Å². The Balaban J connectivity index is 2.50. The average molecular weight is 258 g/mol. The zero-order chi connectivity index (χ0) is 12.5. The third-order valence-corrected chi connectivity index (χ3v) is 2.18. The van der Waals surface area contributed by atoms with E-state index in [1.54, 1.807) is 19.2 Å². The number of anilines is 1. The number of nitrogens with one attached hydrogen (secondary N) is 1. The van der Waals surface area contributed by atoms with Crippen LogP contribution in [0.3, 0.4) is 0 Å². The Labute approximate surface area is 106 Å². The topological polar surface area (TPSA) is 47.6 Å². The van der Waals surface area contributed by atoms with E-state index in [2.05, 4.69) is 5.32 Å². The lowest BCUT2D eigenvalue weighted by Crippen LogP contribution is -2.11. The lowest BCUT2D eigenvalue weighted by Gasteiger charge is -2.08. The molecule has 0 aliphatic rings. The normalized spacial score (nSPS) is 10.0. The van der Waals surface area contributed by atoms with Crippen LogP contribution >= 0.6 is 11.6 Å². The molecule has 0 spiro atoms. The first-order valence-electron chi connectivity index (χ1n) is 5.34. The minimum Gasteiger partial charge on any atom is -0.491 e. The van der Waals surface area contributed by atoms with E-state index >= 15 is 0 Å². The SMILES string of the molecule is COCCOc1cccc(NC(=O)CCCl)c1. The number of rotatable bonds is 7. The molecule has 1 N–H and O–H groups in total. The summed E-state index contributed by atoms with van der Waals surface area (Å²) in [5.41, 5.74) is 0.704. The molecule has 1 amide bonds. The highest BCUT2D eigenvalue weighted by Crippen LogP contribution is 2.17. The molecule has 4 nitrogen and oxygen atoms in total. The summed E-state index contributed by atoms with van der Waals surface area (Å²) in [5, 5.41) is 2.74. The van der Waals surface area contributed by atoms with E-state index in [1.165, 1.54) is 0 Å². The molecule has 1 rings (SSSR count). The number of amides is 1. The van der Waals surface area contributed by atoms with Crippen molar-refractivity contribution in [2.24, 2.45) is 0 Å². The average Bonchev–Trinajstić information content (AvgIpc) is 2.30. The molecule has 0 aliphatic heterocycles. The molecule has 0 fully saturated rings. The number of methoxy groups -OCH3 is 1. The van der Waals surface area contributed by atoms with Gasteiger partial charge in [0.25, 0.3) is 0 Å². The van der Waals surface area contributed by atoms with Crippen molar-refractivity contribution in [3.63, 3.8) is 0 Å². The Bertz CT molecular complexity index is 357. The first-order valence-corrected chi connectivity index (χ1v) is 5.87. The van der Waals surface area contributed by atoms with Gasteiger partial charge in [-0.2, -0.15) is 0 Å². The Morgan fingerprint density at radius 1 is 1.41 bits per heavy atom. The van der Waals surface area contributed by atoms with Crippen LogP contribution in [0.25, 0.3) is 0 Å². The number of carbonyl (C=O) groups excluding carboxylic acids is 1. The van der Waals surface area contributed by atoms with Crippen LogP contribution in [-0.4, -0.2) is 32.1 Å². The molecule has 1 aromatic rings. The zero-order valence-corrected chi connectivity index (χ0v) is 10.5. The first kappa shape index (κ1) is 13.8. The molecule has 94 valence electrons. The van der Waals surface area contributed by atoms with Gasteiger partial charge in [0.2, 0.25) is 5.91 Å². The van der Waals surface area contributed by atoms with E-state index in [4.69, 9.17) is 21.1 Å². The highest BCUT2D eigenvalue weighted by molar-refractivity contribution is 6.19. The molecule has 1 aromatic carbocycles. The molecule has 0 atom stereocenters. The van der Waals surface area contributed by atoms with Crippen molar-refractivity contribution in [3.8, 4) is 5.75 Å². The maximum atomic E-state index is 11.3. The molecule has 0 bridgehead atoms. The van der Waals surface area contributed by atoms with Crippen LogP contribution in [0.5, 0.6) is 5.75 Å². The third-order valence-electron chi connectivity index (χ3n) is 2.00. The highest BCUT2D eigenvalue weighted by Gasteiger charge is 2.02. The molecular weight excluding hydrogens is 242 g/mol. The molecule has 0 aromatic heterocycles. The Morgan fingerprint density at radius 2 is 2.24 bits per heavy atom. The van der Waals surface area contributed by atoms with Crippen molar-refractivity contribution in [3.05, 3.63) is 24.3 Å². The van der Waals surface area contributed by atoms with E-state index in [0.717, 1.165) is 0 Å². The number of benzene rings is 1. The van der Waals surface area contributed by atoms with Gasteiger partial charge < -0.3 is 14.8 Å². The molecular formula is C12H16ClNO3. The largest absolute Gasteiger partial charge is 0.491 e. The predicted molar refractivity (Wildman–Crippen MR) is 67.8 cm³/mol. The van der Waals surface area contributed by atoms with Crippen molar-refractivity contribution >= 4 is 23.2 Å². The van der Waals surface area contributed by atoms with Crippen LogP contribution in [0.15, 0.2) is 24.3 Å². The molecule has 0 saturated heterocycles. The van der Waals surface area contributed by atoms with Crippen molar-refractivity contribution in [2.45, 2.75) is 6.42 Å². The van der Waals surface area contributed by atoms with Crippen LogP contribution in [0.2, 0.25) is 0 Å². The van der Waals surface area contributed by atoms with Crippen LogP contribution in [-0.2, 0) is 9.53 Å². The summed E-state index contributed by atoms with van der Waals surface area (Å²) in [7, 11) is 1.62. The summed E-state index contributed by atoms with van der Waals surface area (Å²) in [4.78, 5) is 11.3. The van der Waals surface area contributed by atoms with Gasteiger partial charge in [-0.3, -0.25) is 4.79 Å². The van der Waals surface area contributed by atoms with E-state index < -0.39 is 0 Å². The monoisotopic (exact) mass is 257 g/mol. The summed E-state index contributed by atoms with van der Waals surface area (Å²) in [6, 6.07) is 7.21. The Kier molecular flexibility index (Phi) is 6.43. The summed E-state index contributed by atoms with van der Waals surface area (Å²) >= 11 is 5.48. The number of halogens is 1. The standard InChI is InChI=1S/C12H16ClNO3/c1-16-7-8-17-11-4-2-3-10(9-11)14-12(15)5-6-13/h2-4,9H,5-8H2,1H3,(H,14,15). The van der Waals surface area contributed by atoms with E-state index in [1.807, 2.05) is 12.1 Å². The van der Waals surface area contributed by atoms with Gasteiger partial charge in [-0.15, -0.1) is 11.6 Å². The van der Waals surface area contributed by atoms with Crippen molar-refractivity contribution < 1.29 is 14.3 Å². The van der Waals surface area contributed by atoms with Gasteiger partial charge in [0.1, 0.15) is 12.4 Å². The lowest BCUT2D eigenvalue weighted by atomic mass is 10.3. The summed E-state index contributed by atoms with van der Waals surface area (Å²) < 4.78 is 10.3. The number of ether oxygens (including phenoxy) is 2. The summed E-state index contributed by atoms with van der Waals surface area (Å²) in [5.74, 6) is 0.912. The van der Waals surface area contributed by atoms with Crippen molar-refractivity contribution in [1.29, 1.82) is 0 Å². The fraction of sp³-hybridized carbons (Fsp3) is 0.417. The van der Waals surface area contributed by atoms with Gasteiger partial charge in [0.15, 0.2) is 0 Å². The Hall–Kier alpha value is -1.26. The van der Waals surface area contributed by atoms with Crippen LogP contribution in [0.4, 0.5) is 5.69 Å². The van der Waals surface area contributed by atoms with Crippen LogP contribution in [0.1, 0.15) is 6.42 Å². The second-order valence-corrected chi connectivity index (χ2v) is 3.73. The zero-order valence-electron chi connectivity index (χ0n) is 9.74. The molecule has 5 heteroatoms. The van der Waals surface area contributed by atoms with Gasteiger partial charge in [-0.1, -0.05) is 6.07 Å². The fourth-order valence-corrected chi connectivity index (χ4v) is 1.39. The summed E-state index contributed by atoms with van der Waals surface area (Å²) in [6.45, 7) is 1.01. The maximum absolute atomic E-state index is 11.3. The molecule has 17 heavy (non-hydrogen) atoms. The van der Waals surface area contributed by atoms with Crippen molar-refractivity contribution in [1.82, 2.24) is 0 Å². The second kappa shape index (κ2) is 7.92.